The molecule has 150 valence electrons. The van der Waals surface area contributed by atoms with E-state index in [1.54, 1.807) is 26.0 Å². The zero-order chi connectivity index (χ0) is 20.3. The molecule has 2 aromatic rings. The van der Waals surface area contributed by atoms with Gasteiger partial charge in [-0.2, -0.15) is 10.4 Å². The largest absolute Gasteiger partial charge is 0.475 e. The Kier molecular flexibility index (Phi) is 4.30. The molecule has 2 fully saturated rings. The van der Waals surface area contributed by atoms with Gasteiger partial charge in [0.05, 0.1) is 29.6 Å². The lowest BCUT2D eigenvalue weighted by Crippen LogP contribution is -2.50. The molecule has 11 heteroatoms. The SMILES string of the molecule is CC(C)OP1(=O)OC[C@H]2O[C@@](C#N)(c3ccc4c(N)ccnn34)[C@](C)(F)[C@@H]2O1. The fraction of sp³-hybridized carbons (Fsp3) is 0.529. The molecule has 1 unspecified atom stereocenters. The Morgan fingerprint density at radius 2 is 2.25 bits per heavy atom. The number of rotatable bonds is 3. The van der Waals surface area contributed by atoms with Gasteiger partial charge in [0, 0.05) is 6.20 Å². The molecular weight excluding hydrogens is 390 g/mol. The van der Waals surface area contributed by atoms with Crippen molar-refractivity contribution in [3.05, 3.63) is 30.1 Å². The van der Waals surface area contributed by atoms with E-state index >= 15 is 4.39 Å². The highest BCUT2D eigenvalue weighted by molar-refractivity contribution is 7.48. The van der Waals surface area contributed by atoms with Gasteiger partial charge in [-0.3, -0.25) is 13.6 Å². The van der Waals surface area contributed by atoms with Crippen molar-refractivity contribution in [3.8, 4) is 6.07 Å². The average Bonchev–Trinajstić information content (AvgIpc) is 3.13. The first-order valence-electron chi connectivity index (χ1n) is 8.75. The summed E-state index contributed by atoms with van der Waals surface area (Å²) in [7, 11) is -3.99. The van der Waals surface area contributed by atoms with Crippen LogP contribution in [0.4, 0.5) is 10.1 Å². The number of fused-ring (bicyclic) bond motifs is 2. The number of nitrogens with two attached hydrogens (primary N) is 1. The van der Waals surface area contributed by atoms with Gasteiger partial charge in [0.15, 0.2) is 5.67 Å². The van der Waals surface area contributed by atoms with Crippen molar-refractivity contribution in [1.82, 2.24) is 9.61 Å². The van der Waals surface area contributed by atoms with E-state index in [0.29, 0.717) is 11.2 Å². The number of anilines is 1. The molecule has 0 aliphatic carbocycles. The monoisotopic (exact) mass is 410 g/mol. The van der Waals surface area contributed by atoms with Gasteiger partial charge in [0.2, 0.25) is 5.60 Å². The van der Waals surface area contributed by atoms with Crippen LogP contribution in [-0.2, 0) is 28.5 Å². The van der Waals surface area contributed by atoms with Gasteiger partial charge in [-0.05, 0) is 39.0 Å². The highest BCUT2D eigenvalue weighted by Crippen LogP contribution is 2.62. The van der Waals surface area contributed by atoms with Crippen LogP contribution in [0.5, 0.6) is 0 Å². The summed E-state index contributed by atoms with van der Waals surface area (Å²) in [5.74, 6) is 0. The Morgan fingerprint density at radius 1 is 1.50 bits per heavy atom. The van der Waals surface area contributed by atoms with Gasteiger partial charge >= 0.3 is 7.82 Å². The number of nitrogens with zero attached hydrogens (tertiary/aromatic N) is 3. The van der Waals surface area contributed by atoms with E-state index in [0.717, 1.165) is 0 Å². The Balaban J connectivity index is 1.80. The maximum absolute atomic E-state index is 16.2. The molecule has 2 N–H and O–H groups in total. The van der Waals surface area contributed by atoms with E-state index in [1.165, 1.54) is 23.7 Å². The van der Waals surface area contributed by atoms with Crippen molar-refractivity contribution in [3.63, 3.8) is 0 Å². The smallest absolute Gasteiger partial charge is 0.397 e. The van der Waals surface area contributed by atoms with Crippen LogP contribution in [0.1, 0.15) is 26.5 Å². The fourth-order valence-corrected chi connectivity index (χ4v) is 5.33. The Bertz CT molecular complexity index is 1020. The second kappa shape index (κ2) is 6.24. The number of aromatic nitrogens is 2. The normalized spacial score (nSPS) is 37.9. The minimum atomic E-state index is -3.99. The van der Waals surface area contributed by atoms with E-state index in [9.17, 15) is 9.83 Å². The molecule has 0 radical (unpaired) electrons. The lowest BCUT2D eigenvalue weighted by atomic mass is 9.82. The maximum Gasteiger partial charge on any atom is 0.475 e. The quantitative estimate of drug-likeness (QED) is 0.767. The molecule has 0 saturated carbocycles. The third-order valence-electron chi connectivity index (χ3n) is 4.97. The van der Waals surface area contributed by atoms with Crippen molar-refractivity contribution < 1.29 is 27.3 Å². The number of nitrogen functional groups attached to an aromatic ring is 1. The summed E-state index contributed by atoms with van der Waals surface area (Å²) in [6.45, 7) is 4.25. The number of phosphoric ester groups is 1. The fourth-order valence-electron chi connectivity index (χ4n) is 3.70. The minimum Gasteiger partial charge on any atom is -0.397 e. The summed E-state index contributed by atoms with van der Waals surface area (Å²) in [6, 6.07) is 6.69. The van der Waals surface area contributed by atoms with Gasteiger partial charge in [-0.1, -0.05) is 0 Å². The van der Waals surface area contributed by atoms with Gasteiger partial charge in [0.25, 0.3) is 0 Å². The maximum atomic E-state index is 16.2. The third kappa shape index (κ3) is 2.59. The van der Waals surface area contributed by atoms with Crippen molar-refractivity contribution in [2.75, 3.05) is 12.3 Å². The van der Waals surface area contributed by atoms with Crippen LogP contribution in [0.2, 0.25) is 0 Å². The second-order valence-electron chi connectivity index (χ2n) is 7.25. The van der Waals surface area contributed by atoms with E-state index < -0.39 is 37.4 Å². The molecule has 4 heterocycles. The Hall–Kier alpha value is -2.02. The number of nitriles is 1. The molecule has 0 spiro atoms. The first kappa shape index (κ1) is 19.3. The van der Waals surface area contributed by atoms with E-state index in [4.69, 9.17) is 24.0 Å². The number of halogens is 1. The first-order chi connectivity index (χ1) is 13.1. The average molecular weight is 410 g/mol. The molecule has 2 aliphatic rings. The minimum absolute atomic E-state index is 0.153. The molecule has 28 heavy (non-hydrogen) atoms. The molecular formula is C17H20FN4O5P. The van der Waals surface area contributed by atoms with Gasteiger partial charge in [0.1, 0.15) is 18.3 Å². The summed E-state index contributed by atoms with van der Waals surface area (Å²) in [6.07, 6.45) is -1.31. The first-order valence-corrected chi connectivity index (χ1v) is 10.2. The van der Waals surface area contributed by atoms with E-state index in [2.05, 4.69) is 5.10 Å². The number of alkyl halides is 1. The zero-order valence-corrected chi connectivity index (χ0v) is 16.4. The lowest BCUT2D eigenvalue weighted by molar-refractivity contribution is -0.0802. The van der Waals surface area contributed by atoms with Gasteiger partial charge in [-0.25, -0.2) is 13.5 Å². The van der Waals surface area contributed by atoms with Crippen LogP contribution in [0, 0.1) is 11.3 Å². The molecule has 0 aromatic carbocycles. The molecule has 5 atom stereocenters. The predicted molar refractivity (Wildman–Crippen MR) is 95.9 cm³/mol. The van der Waals surface area contributed by atoms with Crippen LogP contribution >= 0.6 is 7.82 Å². The molecule has 2 aliphatic heterocycles. The summed E-state index contributed by atoms with van der Waals surface area (Å²) < 4.78 is 51.9. The Morgan fingerprint density at radius 3 is 2.93 bits per heavy atom. The summed E-state index contributed by atoms with van der Waals surface area (Å²) in [5, 5.41) is 14.2. The second-order valence-corrected chi connectivity index (χ2v) is 8.82. The van der Waals surface area contributed by atoms with E-state index in [-0.39, 0.29) is 12.3 Å². The predicted octanol–water partition coefficient (Wildman–Crippen LogP) is 2.71. The zero-order valence-electron chi connectivity index (χ0n) is 15.5. The van der Waals surface area contributed by atoms with Gasteiger partial charge in [-0.15, -0.1) is 0 Å². The van der Waals surface area contributed by atoms with Crippen LogP contribution < -0.4 is 5.73 Å². The highest BCUT2D eigenvalue weighted by atomic mass is 31.2. The Labute approximate surface area is 160 Å². The van der Waals surface area contributed by atoms with E-state index in [1.807, 2.05) is 6.07 Å². The van der Waals surface area contributed by atoms with Crippen LogP contribution in [0.3, 0.4) is 0 Å². The van der Waals surface area contributed by atoms with Crippen molar-refractivity contribution >= 4 is 19.0 Å². The summed E-state index contributed by atoms with van der Waals surface area (Å²) >= 11 is 0. The lowest BCUT2D eigenvalue weighted by Gasteiger charge is -2.35. The topological polar surface area (TPSA) is 121 Å². The van der Waals surface area contributed by atoms with Gasteiger partial charge < -0.3 is 10.5 Å². The van der Waals surface area contributed by atoms with Crippen LogP contribution in [0.15, 0.2) is 24.4 Å². The molecule has 2 saturated heterocycles. The number of ether oxygens (including phenoxy) is 1. The van der Waals surface area contributed by atoms with Crippen molar-refractivity contribution in [2.24, 2.45) is 0 Å². The summed E-state index contributed by atoms with van der Waals surface area (Å²) in [5.41, 5.74) is 2.56. The third-order valence-corrected chi connectivity index (χ3v) is 6.60. The molecule has 4 rings (SSSR count). The van der Waals surface area contributed by atoms with Crippen molar-refractivity contribution in [2.45, 2.75) is 50.4 Å². The molecule has 0 amide bonds. The number of hydrogen-bond acceptors (Lipinski definition) is 8. The van der Waals surface area contributed by atoms with Crippen LogP contribution in [0.25, 0.3) is 5.52 Å². The standard InChI is InChI=1S/C17H20FN4O5P/c1-10(2)26-28(23)24-8-13-15(27-28)16(3,18)17(9-19,25-13)14-5-4-12-11(20)6-7-21-22(12)14/h4-7,10,13,15H,8,20H2,1-3H3/t13-,15-,16-,17+,28?/m1/s1. The number of phosphoric acid groups is 1. The highest BCUT2D eigenvalue weighted by Gasteiger charge is 2.70. The van der Waals surface area contributed by atoms with Crippen molar-refractivity contribution in [1.29, 1.82) is 5.26 Å². The molecule has 2 aromatic heterocycles. The molecule has 0 bridgehead atoms. The summed E-state index contributed by atoms with van der Waals surface area (Å²) in [4.78, 5) is 0. The van der Waals surface area contributed by atoms with Crippen LogP contribution in [-0.4, -0.2) is 40.2 Å². The number of hydrogen-bond donors (Lipinski definition) is 1. The molecule has 9 nitrogen and oxygen atoms in total.